The summed E-state index contributed by atoms with van der Waals surface area (Å²) in [5.74, 6) is 1.11. The summed E-state index contributed by atoms with van der Waals surface area (Å²) in [7, 11) is 0. The molecule has 1 fully saturated rings. The van der Waals surface area contributed by atoms with Crippen LogP contribution < -0.4 is 4.90 Å². The molecule has 1 aliphatic heterocycles. The molecule has 2 nitrogen and oxygen atoms in total. The Hall–Kier alpha value is -0.0900. The maximum atomic E-state index is 4.56. The lowest BCUT2D eigenvalue weighted by atomic mass is 10.1. The fourth-order valence-corrected chi connectivity index (χ4v) is 3.48. The van der Waals surface area contributed by atoms with Crippen LogP contribution in [0.1, 0.15) is 31.2 Å². The minimum Gasteiger partial charge on any atom is -0.352 e. The van der Waals surface area contributed by atoms with E-state index in [4.69, 9.17) is 0 Å². The van der Waals surface area contributed by atoms with Crippen molar-refractivity contribution < 1.29 is 0 Å². The van der Waals surface area contributed by atoms with Gasteiger partial charge in [0.1, 0.15) is 5.82 Å². The number of hydrogen-bond acceptors (Lipinski definition) is 2. The number of pyridine rings is 1. The highest BCUT2D eigenvalue weighted by molar-refractivity contribution is 9.10. The number of halogens is 2. The van der Waals surface area contributed by atoms with E-state index in [2.05, 4.69) is 54.7 Å². The van der Waals surface area contributed by atoms with Crippen molar-refractivity contribution in [1.82, 2.24) is 4.98 Å². The van der Waals surface area contributed by atoms with Crippen LogP contribution in [0.3, 0.4) is 0 Å². The summed E-state index contributed by atoms with van der Waals surface area (Å²) in [5.41, 5.74) is 1.26. The first-order valence-electron chi connectivity index (χ1n) is 6.17. The Balaban J connectivity index is 2.31. The minimum absolute atomic E-state index is 0.572. The molecule has 4 heteroatoms. The van der Waals surface area contributed by atoms with Crippen LogP contribution in [0.25, 0.3) is 0 Å². The highest BCUT2D eigenvalue weighted by Gasteiger charge is 2.23. The number of alkyl halides is 1. The number of hydrogen-bond donors (Lipinski definition) is 0. The van der Waals surface area contributed by atoms with Crippen molar-refractivity contribution in [2.45, 2.75) is 38.6 Å². The van der Waals surface area contributed by atoms with Crippen LogP contribution in [0.2, 0.25) is 0 Å². The molecule has 0 amide bonds. The van der Waals surface area contributed by atoms with Crippen molar-refractivity contribution in [1.29, 1.82) is 0 Å². The van der Waals surface area contributed by atoms with Gasteiger partial charge in [0.15, 0.2) is 0 Å². The third kappa shape index (κ3) is 3.02. The Morgan fingerprint density at radius 3 is 3.00 bits per heavy atom. The fraction of sp³-hybridized carbons (Fsp3) is 0.615. The Labute approximate surface area is 120 Å². The highest BCUT2D eigenvalue weighted by Crippen LogP contribution is 2.31. The second-order valence-corrected chi connectivity index (χ2v) is 6.06. The molecule has 1 aliphatic rings. The first-order chi connectivity index (χ1) is 8.24. The highest BCUT2D eigenvalue weighted by atomic mass is 79.9. The van der Waals surface area contributed by atoms with Crippen LogP contribution >= 0.6 is 31.9 Å². The molecular formula is C13H18Br2N2. The molecule has 17 heavy (non-hydrogen) atoms. The van der Waals surface area contributed by atoms with E-state index in [1.807, 2.05) is 6.20 Å². The molecule has 0 N–H and O–H groups in total. The van der Waals surface area contributed by atoms with Crippen LogP contribution in [0.4, 0.5) is 5.82 Å². The molecular weight excluding hydrogens is 344 g/mol. The maximum absolute atomic E-state index is 4.56. The van der Waals surface area contributed by atoms with Gasteiger partial charge in [0, 0.05) is 24.1 Å². The van der Waals surface area contributed by atoms with Gasteiger partial charge in [-0.3, -0.25) is 0 Å². The van der Waals surface area contributed by atoms with Gasteiger partial charge in [0.25, 0.3) is 0 Å². The van der Waals surface area contributed by atoms with Gasteiger partial charge in [-0.05, 0) is 47.3 Å². The molecule has 0 saturated carbocycles. The third-order valence-corrected chi connectivity index (χ3v) is 5.12. The molecule has 1 atom stereocenters. The van der Waals surface area contributed by atoms with Gasteiger partial charge in [0.2, 0.25) is 0 Å². The van der Waals surface area contributed by atoms with Crippen LogP contribution in [-0.4, -0.2) is 22.9 Å². The van der Waals surface area contributed by atoms with Crippen molar-refractivity contribution in [2.75, 3.05) is 16.8 Å². The van der Waals surface area contributed by atoms with E-state index < -0.39 is 0 Å². The van der Waals surface area contributed by atoms with E-state index in [-0.39, 0.29) is 0 Å². The molecule has 1 unspecified atom stereocenters. The largest absolute Gasteiger partial charge is 0.352 e. The van der Waals surface area contributed by atoms with E-state index in [9.17, 15) is 0 Å². The van der Waals surface area contributed by atoms with Gasteiger partial charge in [-0.2, -0.15) is 0 Å². The molecule has 0 bridgehead atoms. The normalized spacial score (nSPS) is 21.4. The molecule has 1 saturated heterocycles. The van der Waals surface area contributed by atoms with Gasteiger partial charge < -0.3 is 4.90 Å². The van der Waals surface area contributed by atoms with Gasteiger partial charge in [-0.1, -0.05) is 28.8 Å². The Morgan fingerprint density at radius 2 is 2.24 bits per heavy atom. The summed E-state index contributed by atoms with van der Waals surface area (Å²) >= 11 is 7.32. The van der Waals surface area contributed by atoms with Gasteiger partial charge in [-0.15, -0.1) is 0 Å². The molecule has 1 aromatic heterocycles. The van der Waals surface area contributed by atoms with Crippen LogP contribution in [0, 0.1) is 6.92 Å². The number of rotatable bonds is 2. The molecule has 0 spiro atoms. The van der Waals surface area contributed by atoms with E-state index in [1.165, 1.54) is 31.2 Å². The van der Waals surface area contributed by atoms with Gasteiger partial charge in [-0.25, -0.2) is 4.98 Å². The summed E-state index contributed by atoms with van der Waals surface area (Å²) in [5, 5.41) is 1.02. The number of anilines is 1. The molecule has 2 rings (SSSR count). The van der Waals surface area contributed by atoms with Crippen molar-refractivity contribution in [2.24, 2.45) is 0 Å². The Bertz CT molecular complexity index is 382. The van der Waals surface area contributed by atoms with E-state index >= 15 is 0 Å². The fourth-order valence-electron chi connectivity index (χ4n) is 2.34. The summed E-state index contributed by atoms with van der Waals surface area (Å²) in [4.78, 5) is 7.02. The molecule has 1 aromatic rings. The summed E-state index contributed by atoms with van der Waals surface area (Å²) in [6.45, 7) is 3.24. The lowest BCUT2D eigenvalue weighted by Crippen LogP contribution is -2.37. The molecule has 2 heterocycles. The monoisotopic (exact) mass is 360 g/mol. The standard InChI is InChI=1S/C13H18Br2N2/c1-10-6-7-16-13(12(10)15)17-8-4-2-3-5-11(17)9-14/h6-7,11H,2-5,8-9H2,1H3. The zero-order valence-corrected chi connectivity index (χ0v) is 13.3. The molecule has 0 aliphatic carbocycles. The molecule has 0 radical (unpaired) electrons. The lowest BCUT2D eigenvalue weighted by Gasteiger charge is -2.30. The lowest BCUT2D eigenvalue weighted by molar-refractivity contribution is 0.620. The maximum Gasteiger partial charge on any atom is 0.143 e. The Morgan fingerprint density at radius 1 is 1.41 bits per heavy atom. The van der Waals surface area contributed by atoms with Crippen molar-refractivity contribution in [3.8, 4) is 0 Å². The quantitative estimate of drug-likeness (QED) is 0.730. The molecule has 94 valence electrons. The predicted octanol–water partition coefficient (Wildman–Crippen LogP) is 4.30. The average molecular weight is 362 g/mol. The van der Waals surface area contributed by atoms with Crippen molar-refractivity contribution in [3.05, 3.63) is 22.3 Å². The van der Waals surface area contributed by atoms with Gasteiger partial charge >= 0.3 is 0 Å². The zero-order chi connectivity index (χ0) is 12.3. The Kier molecular flexibility index (Phi) is 4.86. The van der Waals surface area contributed by atoms with E-state index in [0.29, 0.717) is 6.04 Å². The van der Waals surface area contributed by atoms with Crippen LogP contribution in [-0.2, 0) is 0 Å². The zero-order valence-electron chi connectivity index (χ0n) is 10.1. The average Bonchev–Trinajstić information content (AvgIpc) is 2.57. The second-order valence-electron chi connectivity index (χ2n) is 4.62. The summed E-state index contributed by atoms with van der Waals surface area (Å²) in [6.07, 6.45) is 7.10. The summed E-state index contributed by atoms with van der Waals surface area (Å²) < 4.78 is 1.15. The van der Waals surface area contributed by atoms with E-state index in [0.717, 1.165) is 22.2 Å². The van der Waals surface area contributed by atoms with Crippen LogP contribution in [0.15, 0.2) is 16.7 Å². The predicted molar refractivity (Wildman–Crippen MR) is 80.1 cm³/mol. The van der Waals surface area contributed by atoms with Crippen LogP contribution in [0.5, 0.6) is 0 Å². The number of aromatic nitrogens is 1. The minimum atomic E-state index is 0.572. The smallest absolute Gasteiger partial charge is 0.143 e. The first-order valence-corrected chi connectivity index (χ1v) is 8.09. The first kappa shape index (κ1) is 13.3. The molecule has 0 aromatic carbocycles. The topological polar surface area (TPSA) is 16.1 Å². The number of aryl methyl sites for hydroxylation is 1. The van der Waals surface area contributed by atoms with E-state index in [1.54, 1.807) is 0 Å². The second kappa shape index (κ2) is 6.19. The summed E-state index contributed by atoms with van der Waals surface area (Å²) in [6, 6.07) is 2.62. The SMILES string of the molecule is Cc1ccnc(N2CCCCCC2CBr)c1Br. The number of nitrogens with zero attached hydrogens (tertiary/aromatic N) is 2. The van der Waals surface area contributed by atoms with Gasteiger partial charge in [0.05, 0.1) is 4.47 Å². The third-order valence-electron chi connectivity index (χ3n) is 3.39. The van der Waals surface area contributed by atoms with Crippen molar-refractivity contribution in [3.63, 3.8) is 0 Å². The van der Waals surface area contributed by atoms with Crippen molar-refractivity contribution >= 4 is 37.7 Å².